The number of hydrogen-bond acceptors (Lipinski definition) is 8. The lowest BCUT2D eigenvalue weighted by Crippen LogP contribution is -2.58. The van der Waals surface area contributed by atoms with Gasteiger partial charge in [0.25, 0.3) is 5.91 Å². The van der Waals surface area contributed by atoms with Crippen molar-refractivity contribution in [3.05, 3.63) is 70.3 Å². The van der Waals surface area contributed by atoms with Crippen molar-refractivity contribution in [2.45, 2.75) is 68.6 Å². The van der Waals surface area contributed by atoms with Crippen LogP contribution in [0.2, 0.25) is 5.02 Å². The summed E-state index contributed by atoms with van der Waals surface area (Å²) >= 11 is 6.49. The van der Waals surface area contributed by atoms with Crippen LogP contribution in [0.15, 0.2) is 48.6 Å². The first-order valence-corrected chi connectivity index (χ1v) is 20.3. The Balaban J connectivity index is 1.31. The summed E-state index contributed by atoms with van der Waals surface area (Å²) in [5, 5.41) is -0.0185. The maximum atomic E-state index is 13.6. The van der Waals surface area contributed by atoms with Gasteiger partial charge in [-0.05, 0) is 112 Å². The molecule has 11 heteroatoms. The highest BCUT2D eigenvalue weighted by molar-refractivity contribution is 7.90. The van der Waals surface area contributed by atoms with Gasteiger partial charge in [0.1, 0.15) is 11.4 Å². The normalized spacial score (nSPS) is 34.0. The number of nitrogens with zero attached hydrogens (tertiary/aromatic N) is 3. The highest BCUT2D eigenvalue weighted by Crippen LogP contribution is 2.49. The third kappa shape index (κ3) is 6.83. The van der Waals surface area contributed by atoms with E-state index in [1.807, 2.05) is 32.2 Å². The van der Waals surface area contributed by atoms with Crippen molar-refractivity contribution >= 4 is 33.2 Å². The minimum absolute atomic E-state index is 0.208. The molecule has 3 aliphatic heterocycles. The van der Waals surface area contributed by atoms with Gasteiger partial charge in [-0.15, -0.1) is 0 Å². The first-order chi connectivity index (χ1) is 23.9. The molecule has 2 aromatic rings. The lowest BCUT2D eigenvalue weighted by Gasteiger charge is -2.52. The number of aryl methyl sites for hydroxylation is 1. The SMILES string of the molecule is CO[C@]1(CN2CCN(C)CC2)/C=C\C[C@H](C)[C@@H](C)S(=O)(=O)NC(=O)c2ccc3c(c2)N(C[C@@H]2CC[C@H]21)C[C@@]1(CCCc2cc(Cl)ccc21)CO3. The average molecular weight is 725 g/mol. The van der Waals surface area contributed by atoms with Crippen LogP contribution in [0.25, 0.3) is 0 Å². The van der Waals surface area contributed by atoms with Crippen LogP contribution in [0.4, 0.5) is 5.69 Å². The van der Waals surface area contributed by atoms with Gasteiger partial charge in [0.2, 0.25) is 10.0 Å². The minimum atomic E-state index is -3.94. The lowest BCUT2D eigenvalue weighted by atomic mass is 9.63. The molecule has 1 spiro atoms. The van der Waals surface area contributed by atoms with Gasteiger partial charge in [0.05, 0.1) is 17.5 Å². The van der Waals surface area contributed by atoms with Gasteiger partial charge < -0.3 is 19.3 Å². The van der Waals surface area contributed by atoms with Crippen molar-refractivity contribution in [1.82, 2.24) is 14.5 Å². The number of carbonyl (C=O) groups excluding carboxylic acids is 1. The average Bonchev–Trinajstić information content (AvgIpc) is 3.23. The number of methoxy groups -OCH3 is 1. The molecule has 0 unspecified atom stereocenters. The maximum absolute atomic E-state index is 13.6. The fourth-order valence-corrected chi connectivity index (χ4v) is 10.6. The van der Waals surface area contributed by atoms with Crippen molar-refractivity contribution in [1.29, 1.82) is 0 Å². The number of benzene rings is 2. The number of anilines is 1. The molecule has 0 aromatic heterocycles. The molecular formula is C39H53ClN4O5S. The fourth-order valence-electron chi connectivity index (χ4n) is 9.16. The predicted molar refractivity (Wildman–Crippen MR) is 199 cm³/mol. The van der Waals surface area contributed by atoms with E-state index < -0.39 is 26.8 Å². The summed E-state index contributed by atoms with van der Waals surface area (Å²) < 4.78 is 42.8. The van der Waals surface area contributed by atoms with Crippen molar-refractivity contribution in [3.8, 4) is 5.75 Å². The van der Waals surface area contributed by atoms with Crippen molar-refractivity contribution < 1.29 is 22.7 Å². The molecule has 1 saturated heterocycles. The quantitative estimate of drug-likeness (QED) is 0.415. The van der Waals surface area contributed by atoms with Crippen LogP contribution in [-0.4, -0.2) is 102 Å². The Morgan fingerprint density at radius 1 is 1.08 bits per heavy atom. The second-order valence-electron chi connectivity index (χ2n) is 15.8. The first-order valence-electron chi connectivity index (χ1n) is 18.4. The van der Waals surface area contributed by atoms with E-state index in [1.54, 1.807) is 13.0 Å². The summed E-state index contributed by atoms with van der Waals surface area (Å²) in [6.45, 7) is 10.5. The molecule has 9 nitrogen and oxygen atoms in total. The Labute approximate surface area is 303 Å². The number of halogens is 1. The zero-order valence-electron chi connectivity index (χ0n) is 30.0. The van der Waals surface area contributed by atoms with E-state index in [2.05, 4.69) is 50.8 Å². The van der Waals surface area contributed by atoms with Crippen LogP contribution in [-0.2, 0) is 26.6 Å². The molecule has 272 valence electrons. The minimum Gasteiger partial charge on any atom is -0.490 e. The van der Waals surface area contributed by atoms with Gasteiger partial charge in [-0.2, -0.15) is 0 Å². The smallest absolute Gasteiger partial charge is 0.264 e. The first kappa shape index (κ1) is 35.8. The summed E-state index contributed by atoms with van der Waals surface area (Å²) in [6, 6.07) is 11.6. The third-order valence-electron chi connectivity index (χ3n) is 12.7. The third-order valence-corrected chi connectivity index (χ3v) is 14.8. The Hall–Kier alpha value is -2.63. The molecule has 7 rings (SSSR count). The topological polar surface area (TPSA) is 91.4 Å². The van der Waals surface area contributed by atoms with Gasteiger partial charge >= 0.3 is 0 Å². The van der Waals surface area contributed by atoms with Crippen LogP contribution in [0.3, 0.4) is 0 Å². The molecule has 5 aliphatic rings. The van der Waals surface area contributed by atoms with Gasteiger partial charge in [-0.3, -0.25) is 9.69 Å². The number of likely N-dealkylation sites (N-methyl/N-ethyl adjacent to an activating group) is 1. The van der Waals surface area contributed by atoms with E-state index in [-0.39, 0.29) is 17.3 Å². The van der Waals surface area contributed by atoms with Crippen LogP contribution in [0.5, 0.6) is 5.75 Å². The van der Waals surface area contributed by atoms with Crippen LogP contribution in [0, 0.1) is 17.8 Å². The Morgan fingerprint density at radius 3 is 2.62 bits per heavy atom. The molecule has 2 bridgehead atoms. The number of ether oxygens (including phenoxy) is 2. The van der Waals surface area contributed by atoms with Crippen LogP contribution in [0.1, 0.15) is 67.4 Å². The highest BCUT2D eigenvalue weighted by Gasteiger charge is 2.50. The molecular weight excluding hydrogens is 672 g/mol. The fraction of sp³-hybridized carbons (Fsp3) is 0.615. The number of carbonyl (C=O) groups is 1. The Bertz CT molecular complexity index is 1730. The van der Waals surface area contributed by atoms with Gasteiger partial charge in [0, 0.05) is 68.9 Å². The molecule has 1 N–H and O–H groups in total. The zero-order valence-corrected chi connectivity index (χ0v) is 31.6. The van der Waals surface area contributed by atoms with E-state index in [4.69, 9.17) is 21.1 Å². The molecule has 1 amide bonds. The van der Waals surface area contributed by atoms with E-state index in [0.717, 1.165) is 94.4 Å². The number of allylic oxidation sites excluding steroid dienone is 1. The molecule has 50 heavy (non-hydrogen) atoms. The molecule has 6 atom stereocenters. The Morgan fingerprint density at radius 2 is 1.88 bits per heavy atom. The summed E-state index contributed by atoms with van der Waals surface area (Å²) in [5.74, 6) is 0.529. The standard InChI is InChI=1S/C39H53ClN4O5S/c1-27-7-5-16-39(48-4,25-43-19-17-42(3)18-20-43)34-12-9-31(34)23-44-24-38(15-6-8-29-21-32(40)11-13-33(29)38)26-49-36-14-10-30(22-35(36)44)37(45)41-50(46,47)28(27)2/h5,10-11,13-14,16,21-22,27-28,31,34H,6-9,12,15,17-20,23-26H2,1-4H3,(H,41,45)/b16-5-/t27-,28+,31-,34+,38-,39-/m0/s1. The maximum Gasteiger partial charge on any atom is 0.264 e. The van der Waals surface area contributed by atoms with Crippen molar-refractivity contribution in [3.63, 3.8) is 0 Å². The number of sulfonamides is 1. The van der Waals surface area contributed by atoms with E-state index in [9.17, 15) is 13.2 Å². The van der Waals surface area contributed by atoms with E-state index in [0.29, 0.717) is 24.5 Å². The second-order valence-corrected chi connectivity index (χ2v) is 18.2. The number of rotatable bonds is 3. The Kier molecular flexibility index (Phi) is 10.1. The molecule has 0 radical (unpaired) electrons. The monoisotopic (exact) mass is 724 g/mol. The molecule has 2 fully saturated rings. The van der Waals surface area contributed by atoms with E-state index in [1.165, 1.54) is 11.1 Å². The number of amides is 1. The number of nitrogens with one attached hydrogen (secondary N) is 1. The summed E-state index contributed by atoms with van der Waals surface area (Å²) in [5.41, 5.74) is 2.95. The predicted octanol–water partition coefficient (Wildman–Crippen LogP) is 5.52. The molecule has 1 saturated carbocycles. The van der Waals surface area contributed by atoms with E-state index >= 15 is 0 Å². The summed E-state index contributed by atoms with van der Waals surface area (Å²) in [6.07, 6.45) is 10.1. The molecule has 3 heterocycles. The summed E-state index contributed by atoms with van der Waals surface area (Å²) in [4.78, 5) is 20.9. The highest BCUT2D eigenvalue weighted by atomic mass is 35.5. The number of hydrogen-bond donors (Lipinski definition) is 1. The van der Waals surface area contributed by atoms with Crippen molar-refractivity contribution in [2.75, 3.05) is 71.5 Å². The zero-order chi connectivity index (χ0) is 35.3. The molecule has 2 aromatic carbocycles. The van der Waals surface area contributed by atoms with Crippen LogP contribution < -0.4 is 14.4 Å². The van der Waals surface area contributed by atoms with Crippen molar-refractivity contribution in [2.24, 2.45) is 17.8 Å². The van der Waals surface area contributed by atoms with Crippen LogP contribution >= 0.6 is 11.6 Å². The number of piperazine rings is 1. The largest absolute Gasteiger partial charge is 0.490 e. The van der Waals surface area contributed by atoms with Gasteiger partial charge in [-0.25, -0.2) is 13.1 Å². The lowest BCUT2D eigenvalue weighted by molar-refractivity contribution is -0.0949. The second kappa shape index (κ2) is 14.1. The number of fused-ring (bicyclic) bond motifs is 4. The van der Waals surface area contributed by atoms with Gasteiger partial charge in [-0.1, -0.05) is 36.7 Å². The summed E-state index contributed by atoms with van der Waals surface area (Å²) in [7, 11) is 0.0846. The van der Waals surface area contributed by atoms with Gasteiger partial charge in [0.15, 0.2) is 0 Å². The molecule has 2 aliphatic carbocycles.